The third-order valence-electron chi connectivity index (χ3n) is 17.6. The lowest BCUT2D eigenvalue weighted by Gasteiger charge is -2.21. The predicted octanol–water partition coefficient (Wildman–Crippen LogP) is 21.6. The van der Waals surface area contributed by atoms with Crippen molar-refractivity contribution in [1.29, 1.82) is 0 Å². The molecule has 0 heterocycles. The van der Waals surface area contributed by atoms with Crippen LogP contribution in [-0.2, 0) is 65.4 Å². The van der Waals surface area contributed by atoms with E-state index < -0.39 is 97.5 Å². The zero-order chi connectivity index (χ0) is 68.6. The summed E-state index contributed by atoms with van der Waals surface area (Å²) in [6.45, 7) is 9.56. The summed E-state index contributed by atoms with van der Waals surface area (Å²) >= 11 is 0. The highest BCUT2D eigenvalue weighted by atomic mass is 31.2. The van der Waals surface area contributed by atoms with Crippen LogP contribution in [0, 0.1) is 11.8 Å². The van der Waals surface area contributed by atoms with E-state index in [0.717, 1.165) is 115 Å². The molecule has 0 fully saturated rings. The van der Waals surface area contributed by atoms with E-state index in [9.17, 15) is 43.2 Å². The van der Waals surface area contributed by atoms with E-state index in [1.165, 1.54) is 186 Å². The number of carbonyl (C=O) groups is 4. The van der Waals surface area contributed by atoms with Crippen molar-refractivity contribution in [2.75, 3.05) is 39.6 Å². The molecule has 0 aliphatic carbocycles. The fourth-order valence-corrected chi connectivity index (χ4v) is 12.8. The molecule has 552 valence electrons. The van der Waals surface area contributed by atoms with Crippen LogP contribution in [0.5, 0.6) is 0 Å². The highest BCUT2D eigenvalue weighted by Gasteiger charge is 2.30. The first-order valence-corrected chi connectivity index (χ1v) is 41.5. The molecule has 93 heavy (non-hydrogen) atoms. The SMILES string of the molecule is CCCCCCCCCCCCCCCC(=O)OC[C@H](COP(=O)(O)OC[C@@H](O)COP(=O)(O)OC[C@@H](COC(=O)CCCCCCCCC)OC(=O)CCCCCCCCCCC(C)C)OC(=O)CCCCCCCCCCCCCCCCCCCCC(C)CC. The molecule has 6 atom stereocenters. The van der Waals surface area contributed by atoms with Gasteiger partial charge >= 0.3 is 39.5 Å². The summed E-state index contributed by atoms with van der Waals surface area (Å²) in [5, 5.41) is 10.6. The van der Waals surface area contributed by atoms with E-state index in [2.05, 4.69) is 41.5 Å². The number of rotatable bonds is 73. The van der Waals surface area contributed by atoms with E-state index in [-0.39, 0.29) is 25.7 Å². The molecule has 19 heteroatoms. The van der Waals surface area contributed by atoms with Crippen LogP contribution in [0.4, 0.5) is 0 Å². The third kappa shape index (κ3) is 67.0. The van der Waals surface area contributed by atoms with Crippen LogP contribution in [0.1, 0.15) is 382 Å². The summed E-state index contributed by atoms with van der Waals surface area (Å²) < 4.78 is 68.3. The van der Waals surface area contributed by atoms with Crippen LogP contribution in [0.15, 0.2) is 0 Å². The summed E-state index contributed by atoms with van der Waals surface area (Å²) in [6, 6.07) is 0. The Balaban J connectivity index is 5.14. The number of hydrogen-bond acceptors (Lipinski definition) is 15. The number of aliphatic hydroxyl groups is 1. The molecular formula is C74H144O17P2. The Morgan fingerprint density at radius 2 is 0.548 bits per heavy atom. The van der Waals surface area contributed by atoms with Crippen LogP contribution < -0.4 is 0 Å². The first-order valence-electron chi connectivity index (χ1n) is 38.5. The van der Waals surface area contributed by atoms with Crippen LogP contribution in [0.3, 0.4) is 0 Å². The van der Waals surface area contributed by atoms with Crippen molar-refractivity contribution < 1.29 is 80.2 Å². The number of esters is 4. The van der Waals surface area contributed by atoms with Crippen molar-refractivity contribution >= 4 is 39.5 Å². The van der Waals surface area contributed by atoms with Crippen LogP contribution in [0.2, 0.25) is 0 Å². The molecule has 0 amide bonds. The number of aliphatic hydroxyl groups excluding tert-OH is 1. The summed E-state index contributed by atoms with van der Waals surface area (Å²) in [5.74, 6) is -0.535. The predicted molar refractivity (Wildman–Crippen MR) is 377 cm³/mol. The molecule has 3 unspecified atom stereocenters. The van der Waals surface area contributed by atoms with Gasteiger partial charge in [0.25, 0.3) is 0 Å². The number of phosphoric acid groups is 2. The molecule has 3 N–H and O–H groups in total. The van der Waals surface area contributed by atoms with Crippen LogP contribution in [0.25, 0.3) is 0 Å². The average molecular weight is 1370 g/mol. The van der Waals surface area contributed by atoms with Crippen molar-refractivity contribution in [3.8, 4) is 0 Å². The lowest BCUT2D eigenvalue weighted by molar-refractivity contribution is -0.161. The number of unbranched alkanes of at least 4 members (excludes halogenated alkanes) is 42. The van der Waals surface area contributed by atoms with Gasteiger partial charge in [0.1, 0.15) is 19.3 Å². The third-order valence-corrected chi connectivity index (χ3v) is 19.5. The van der Waals surface area contributed by atoms with Gasteiger partial charge in [-0.3, -0.25) is 37.3 Å². The van der Waals surface area contributed by atoms with Gasteiger partial charge in [0, 0.05) is 25.7 Å². The van der Waals surface area contributed by atoms with E-state index in [0.29, 0.717) is 25.7 Å². The Labute approximate surface area is 568 Å². The largest absolute Gasteiger partial charge is 0.472 e. The molecule has 0 bridgehead atoms. The monoisotopic (exact) mass is 1370 g/mol. The molecular weight excluding hydrogens is 1220 g/mol. The number of phosphoric ester groups is 2. The fourth-order valence-electron chi connectivity index (χ4n) is 11.3. The Bertz CT molecular complexity index is 1810. The number of hydrogen-bond donors (Lipinski definition) is 3. The van der Waals surface area contributed by atoms with Gasteiger partial charge in [0.15, 0.2) is 12.2 Å². The van der Waals surface area contributed by atoms with Crippen molar-refractivity contribution in [2.45, 2.75) is 400 Å². The molecule has 0 radical (unpaired) electrons. The van der Waals surface area contributed by atoms with Gasteiger partial charge in [0.2, 0.25) is 0 Å². The first kappa shape index (κ1) is 91.1. The molecule has 0 aliphatic heterocycles. The van der Waals surface area contributed by atoms with Crippen LogP contribution in [-0.4, -0.2) is 96.7 Å². The minimum Gasteiger partial charge on any atom is -0.462 e. The standard InChI is InChI=1S/C74H144O17P2/c1-7-10-12-14-16-17-18-25-29-32-39-45-51-57-72(77)85-63-70(90-73(78)58-52-46-40-33-30-27-24-22-20-19-21-23-26-28-31-38-43-49-55-67(6)9-3)65-89-93(82,83)87-61-68(75)60-86-92(80,81)88-64-69(62-84-71(76)56-50-44-36-15-13-11-8-2)91-74(79)59-53-47-41-35-34-37-42-48-54-66(4)5/h66-70,75H,7-65H2,1-6H3,(H,80,81)(H,82,83)/t67?,68-,69+,70+/m0/s1. The second-order valence-electron chi connectivity index (χ2n) is 27.4. The lowest BCUT2D eigenvalue weighted by atomic mass is 9.99. The van der Waals surface area contributed by atoms with Crippen molar-refractivity contribution in [3.05, 3.63) is 0 Å². The number of ether oxygens (including phenoxy) is 4. The fraction of sp³-hybridized carbons (Fsp3) is 0.946. The van der Waals surface area contributed by atoms with Crippen molar-refractivity contribution in [3.63, 3.8) is 0 Å². The summed E-state index contributed by atoms with van der Waals surface area (Å²) in [4.78, 5) is 72.5. The van der Waals surface area contributed by atoms with Gasteiger partial charge < -0.3 is 33.8 Å². The Morgan fingerprint density at radius 3 is 0.817 bits per heavy atom. The molecule has 0 spiro atoms. The van der Waals surface area contributed by atoms with Gasteiger partial charge in [-0.15, -0.1) is 0 Å². The van der Waals surface area contributed by atoms with Gasteiger partial charge in [0.05, 0.1) is 26.4 Å². The smallest absolute Gasteiger partial charge is 0.462 e. The zero-order valence-corrected chi connectivity index (χ0v) is 62.3. The van der Waals surface area contributed by atoms with Gasteiger partial charge in [-0.25, -0.2) is 9.13 Å². The minimum absolute atomic E-state index is 0.104. The lowest BCUT2D eigenvalue weighted by Crippen LogP contribution is -2.30. The maximum Gasteiger partial charge on any atom is 0.472 e. The highest BCUT2D eigenvalue weighted by molar-refractivity contribution is 7.47. The molecule has 0 aromatic heterocycles. The van der Waals surface area contributed by atoms with Gasteiger partial charge in [-0.1, -0.05) is 330 Å². The molecule has 0 rings (SSSR count). The highest BCUT2D eigenvalue weighted by Crippen LogP contribution is 2.45. The topological polar surface area (TPSA) is 237 Å². The van der Waals surface area contributed by atoms with E-state index >= 15 is 0 Å². The van der Waals surface area contributed by atoms with Crippen molar-refractivity contribution in [2.24, 2.45) is 11.8 Å². The maximum absolute atomic E-state index is 13.1. The van der Waals surface area contributed by atoms with E-state index in [4.69, 9.17) is 37.0 Å². The summed E-state index contributed by atoms with van der Waals surface area (Å²) in [6.07, 6.45) is 52.9. The number of carbonyl (C=O) groups excluding carboxylic acids is 4. The normalized spacial score (nSPS) is 14.3. The molecule has 0 saturated carbocycles. The van der Waals surface area contributed by atoms with Crippen LogP contribution >= 0.6 is 15.6 Å². The summed E-state index contributed by atoms with van der Waals surface area (Å²) in [5.41, 5.74) is 0. The second-order valence-corrected chi connectivity index (χ2v) is 30.3. The minimum atomic E-state index is -4.95. The first-order chi connectivity index (χ1) is 44.9. The molecule has 17 nitrogen and oxygen atoms in total. The molecule has 0 aliphatic rings. The molecule has 0 saturated heterocycles. The Kier molecular flexibility index (Phi) is 64.6. The van der Waals surface area contributed by atoms with Gasteiger partial charge in [-0.2, -0.15) is 0 Å². The Hall–Kier alpha value is -1.94. The van der Waals surface area contributed by atoms with E-state index in [1.807, 2.05) is 0 Å². The zero-order valence-electron chi connectivity index (χ0n) is 60.6. The Morgan fingerprint density at radius 1 is 0.312 bits per heavy atom. The van der Waals surface area contributed by atoms with Gasteiger partial charge in [-0.05, 0) is 37.5 Å². The van der Waals surface area contributed by atoms with Crippen molar-refractivity contribution in [1.82, 2.24) is 0 Å². The summed E-state index contributed by atoms with van der Waals surface area (Å²) in [7, 11) is -9.90. The quantitative estimate of drug-likeness (QED) is 0.0222. The average Bonchev–Trinajstić information content (AvgIpc) is 1.83. The van der Waals surface area contributed by atoms with E-state index in [1.54, 1.807) is 0 Å². The molecule has 0 aromatic rings. The molecule has 0 aromatic carbocycles. The second kappa shape index (κ2) is 66.0. The maximum atomic E-state index is 13.1.